The minimum absolute atomic E-state index is 0.0986. The average molecular weight is 395 g/mol. The smallest absolute Gasteiger partial charge is 0.325 e. The zero-order valence-electron chi connectivity index (χ0n) is 16.8. The zero-order chi connectivity index (χ0) is 21.0. The third kappa shape index (κ3) is 4.56. The number of anilines is 1. The highest BCUT2D eigenvalue weighted by atomic mass is 16.5. The Kier molecular flexibility index (Phi) is 6.16. The molecule has 7 nitrogen and oxygen atoms in total. The number of carbonyl (C=O) groups is 3. The number of nitrogens with zero attached hydrogens (tertiary/aromatic N) is 1. The molecule has 2 atom stereocenters. The average Bonchev–Trinajstić information content (AvgIpc) is 3.00. The zero-order valence-corrected chi connectivity index (χ0v) is 16.8. The molecule has 3 rings (SSSR count). The first-order valence-corrected chi connectivity index (χ1v) is 9.53. The molecule has 0 radical (unpaired) electrons. The Morgan fingerprint density at radius 1 is 1.21 bits per heavy atom. The molecule has 0 aliphatic carbocycles. The largest absolute Gasteiger partial charge is 0.495 e. The summed E-state index contributed by atoms with van der Waals surface area (Å²) in [5, 5.41) is 5.50. The van der Waals surface area contributed by atoms with E-state index in [1.807, 2.05) is 56.3 Å². The van der Waals surface area contributed by atoms with Crippen LogP contribution in [0.25, 0.3) is 0 Å². The van der Waals surface area contributed by atoms with E-state index in [2.05, 4.69) is 10.6 Å². The predicted molar refractivity (Wildman–Crippen MR) is 110 cm³/mol. The summed E-state index contributed by atoms with van der Waals surface area (Å²) >= 11 is 0. The van der Waals surface area contributed by atoms with Gasteiger partial charge in [-0.05, 0) is 43.5 Å². The molecule has 0 saturated carbocycles. The molecule has 1 heterocycles. The molecule has 1 saturated heterocycles. The number of hydrogen-bond donors (Lipinski definition) is 2. The molecule has 29 heavy (non-hydrogen) atoms. The van der Waals surface area contributed by atoms with Gasteiger partial charge in [-0.1, -0.05) is 36.4 Å². The van der Waals surface area contributed by atoms with Gasteiger partial charge in [0.1, 0.15) is 11.8 Å². The lowest BCUT2D eigenvalue weighted by molar-refractivity contribution is -0.129. The highest BCUT2D eigenvalue weighted by molar-refractivity contribution is 6.05. The highest BCUT2D eigenvalue weighted by Gasteiger charge is 2.40. The Morgan fingerprint density at radius 3 is 2.62 bits per heavy atom. The van der Waals surface area contributed by atoms with E-state index >= 15 is 0 Å². The fraction of sp³-hybridized carbons (Fsp3) is 0.318. The molecule has 2 N–H and O–H groups in total. The summed E-state index contributed by atoms with van der Waals surface area (Å²) < 4.78 is 5.26. The molecule has 2 aromatic rings. The van der Waals surface area contributed by atoms with Crippen molar-refractivity contribution in [3.63, 3.8) is 0 Å². The van der Waals surface area contributed by atoms with Crippen LogP contribution in [0.5, 0.6) is 5.75 Å². The van der Waals surface area contributed by atoms with Gasteiger partial charge in [-0.25, -0.2) is 4.79 Å². The van der Waals surface area contributed by atoms with Gasteiger partial charge in [-0.2, -0.15) is 0 Å². The van der Waals surface area contributed by atoms with Crippen LogP contribution in [-0.4, -0.2) is 35.9 Å². The first kappa shape index (κ1) is 20.4. The summed E-state index contributed by atoms with van der Waals surface area (Å²) in [5.74, 6) is 0.00912. The Hall–Kier alpha value is -3.35. The molecular formula is C22H25N3O4. The predicted octanol–water partition coefficient (Wildman–Crippen LogP) is 3.40. The number of ether oxygens (including phenoxy) is 1. The minimum Gasteiger partial charge on any atom is -0.495 e. The maximum absolute atomic E-state index is 12.7. The lowest BCUT2D eigenvalue weighted by Gasteiger charge is -2.21. The monoisotopic (exact) mass is 395 g/mol. The molecule has 2 aromatic carbocycles. The molecule has 0 unspecified atom stereocenters. The molecule has 7 heteroatoms. The second-order valence-corrected chi connectivity index (χ2v) is 7.09. The molecule has 152 valence electrons. The van der Waals surface area contributed by atoms with Gasteiger partial charge in [-0.15, -0.1) is 0 Å². The van der Waals surface area contributed by atoms with Crippen molar-refractivity contribution in [3.05, 3.63) is 59.7 Å². The lowest BCUT2D eigenvalue weighted by atomic mass is 10.1. The Bertz CT molecular complexity index is 914. The molecule has 0 aromatic heterocycles. The van der Waals surface area contributed by atoms with Crippen LogP contribution in [0.15, 0.2) is 48.5 Å². The standard InChI is InChI=1S/C22H25N3O4/c1-14-9-11-19(29-3)18(13-14)23-20(26)12-10-17-21(27)25(22(28)24-17)15(2)16-7-5-4-6-8-16/h4-9,11,13,15,17H,10,12H2,1-3H3,(H,23,26)(H,24,28)/t15-,17-/m0/s1. The first-order valence-electron chi connectivity index (χ1n) is 9.53. The van der Waals surface area contributed by atoms with Crippen molar-refractivity contribution < 1.29 is 19.1 Å². The van der Waals surface area contributed by atoms with Gasteiger partial charge in [0.05, 0.1) is 18.8 Å². The van der Waals surface area contributed by atoms with Crippen molar-refractivity contribution in [2.75, 3.05) is 12.4 Å². The van der Waals surface area contributed by atoms with Crippen molar-refractivity contribution in [2.45, 2.75) is 38.8 Å². The van der Waals surface area contributed by atoms with E-state index in [1.165, 1.54) is 12.0 Å². The Balaban J connectivity index is 1.60. The van der Waals surface area contributed by atoms with Gasteiger partial charge in [-0.3, -0.25) is 14.5 Å². The second kappa shape index (κ2) is 8.77. The SMILES string of the molecule is COc1ccc(C)cc1NC(=O)CC[C@@H]1NC(=O)N([C@@H](C)c2ccccc2)C1=O. The van der Waals surface area contributed by atoms with E-state index in [1.54, 1.807) is 6.07 Å². The molecule has 1 aliphatic rings. The Morgan fingerprint density at radius 2 is 1.93 bits per heavy atom. The number of carbonyl (C=O) groups excluding carboxylic acids is 3. The van der Waals surface area contributed by atoms with E-state index in [4.69, 9.17) is 4.74 Å². The third-order valence-electron chi connectivity index (χ3n) is 5.01. The summed E-state index contributed by atoms with van der Waals surface area (Å²) in [6.45, 7) is 3.73. The number of urea groups is 1. The molecule has 0 spiro atoms. The van der Waals surface area contributed by atoms with Crippen LogP contribution in [-0.2, 0) is 9.59 Å². The van der Waals surface area contributed by atoms with Crippen molar-refractivity contribution >= 4 is 23.5 Å². The van der Waals surface area contributed by atoms with Crippen molar-refractivity contribution in [1.29, 1.82) is 0 Å². The van der Waals surface area contributed by atoms with Crippen molar-refractivity contribution in [3.8, 4) is 5.75 Å². The van der Waals surface area contributed by atoms with E-state index in [9.17, 15) is 14.4 Å². The topological polar surface area (TPSA) is 87.7 Å². The van der Waals surface area contributed by atoms with Crippen molar-refractivity contribution in [1.82, 2.24) is 10.2 Å². The highest BCUT2D eigenvalue weighted by Crippen LogP contribution is 2.27. The van der Waals surface area contributed by atoms with Gasteiger partial charge in [0.25, 0.3) is 5.91 Å². The van der Waals surface area contributed by atoms with E-state index in [-0.39, 0.29) is 30.7 Å². The minimum atomic E-state index is -0.709. The fourth-order valence-corrected chi connectivity index (χ4v) is 3.40. The molecule has 4 amide bonds. The van der Waals surface area contributed by atoms with Gasteiger partial charge in [0.15, 0.2) is 0 Å². The number of benzene rings is 2. The molecule has 0 bridgehead atoms. The number of imide groups is 1. The van der Waals surface area contributed by atoms with Crippen LogP contribution < -0.4 is 15.4 Å². The maximum Gasteiger partial charge on any atom is 0.325 e. The fourth-order valence-electron chi connectivity index (χ4n) is 3.40. The van der Waals surface area contributed by atoms with Crippen LogP contribution >= 0.6 is 0 Å². The number of methoxy groups -OCH3 is 1. The van der Waals surface area contributed by atoms with Gasteiger partial charge in [0.2, 0.25) is 5.91 Å². The lowest BCUT2D eigenvalue weighted by Crippen LogP contribution is -2.34. The second-order valence-electron chi connectivity index (χ2n) is 7.09. The third-order valence-corrected chi connectivity index (χ3v) is 5.01. The van der Waals surface area contributed by atoms with Crippen LogP contribution in [0, 0.1) is 6.92 Å². The summed E-state index contributed by atoms with van der Waals surface area (Å²) in [6, 6.07) is 13.3. The van der Waals surface area contributed by atoms with Crippen LogP contribution in [0.3, 0.4) is 0 Å². The van der Waals surface area contributed by atoms with Crippen LogP contribution in [0.1, 0.15) is 36.9 Å². The number of nitrogens with one attached hydrogen (secondary N) is 2. The van der Waals surface area contributed by atoms with E-state index in [0.717, 1.165) is 11.1 Å². The van der Waals surface area contributed by atoms with E-state index in [0.29, 0.717) is 11.4 Å². The quantitative estimate of drug-likeness (QED) is 0.704. The van der Waals surface area contributed by atoms with Crippen LogP contribution in [0.2, 0.25) is 0 Å². The number of rotatable bonds is 7. The summed E-state index contributed by atoms with van der Waals surface area (Å²) in [7, 11) is 1.54. The normalized spacial score (nSPS) is 17.1. The summed E-state index contributed by atoms with van der Waals surface area (Å²) in [6.07, 6.45) is 0.323. The number of amides is 4. The maximum atomic E-state index is 12.7. The molecule has 1 fully saturated rings. The van der Waals surface area contributed by atoms with Crippen molar-refractivity contribution in [2.24, 2.45) is 0 Å². The molecule has 1 aliphatic heterocycles. The van der Waals surface area contributed by atoms with Gasteiger partial charge < -0.3 is 15.4 Å². The first-order chi connectivity index (χ1) is 13.9. The van der Waals surface area contributed by atoms with Gasteiger partial charge in [0, 0.05) is 6.42 Å². The van der Waals surface area contributed by atoms with Crippen LogP contribution in [0.4, 0.5) is 10.5 Å². The summed E-state index contributed by atoms with van der Waals surface area (Å²) in [4.78, 5) is 38.7. The number of hydrogen-bond acceptors (Lipinski definition) is 4. The molecular weight excluding hydrogens is 370 g/mol. The van der Waals surface area contributed by atoms with E-state index < -0.39 is 12.1 Å². The number of aryl methyl sites for hydroxylation is 1. The Labute approximate surface area is 170 Å². The summed E-state index contributed by atoms with van der Waals surface area (Å²) in [5.41, 5.74) is 2.45. The van der Waals surface area contributed by atoms with Gasteiger partial charge >= 0.3 is 6.03 Å².